The zero-order valence-electron chi connectivity index (χ0n) is 11.9. The molecule has 3 nitrogen and oxygen atoms in total. The van der Waals surface area contributed by atoms with Crippen molar-refractivity contribution in [3.05, 3.63) is 34.9 Å². The molecule has 4 heteroatoms. The molecule has 2 aliphatic rings. The average Bonchev–Trinajstić information content (AvgIpc) is 2.94. The maximum Gasteiger partial charge on any atom is 0.195 e. The van der Waals surface area contributed by atoms with E-state index in [0.29, 0.717) is 12.6 Å². The van der Waals surface area contributed by atoms with Crippen LogP contribution in [0.25, 0.3) is 0 Å². The van der Waals surface area contributed by atoms with Crippen molar-refractivity contribution in [2.24, 2.45) is 0 Å². The minimum atomic E-state index is -0.630. The van der Waals surface area contributed by atoms with Gasteiger partial charge in [0.2, 0.25) is 0 Å². The van der Waals surface area contributed by atoms with Crippen molar-refractivity contribution in [1.82, 2.24) is 5.32 Å². The van der Waals surface area contributed by atoms with Crippen molar-refractivity contribution in [1.29, 1.82) is 0 Å². The molecule has 2 fully saturated rings. The first-order chi connectivity index (χ1) is 9.73. The van der Waals surface area contributed by atoms with Crippen molar-refractivity contribution < 1.29 is 9.47 Å². The normalized spacial score (nSPS) is 34.3. The maximum absolute atomic E-state index is 6.34. The van der Waals surface area contributed by atoms with Crippen LogP contribution in [0.1, 0.15) is 38.2 Å². The number of hydrogen-bond donors (Lipinski definition) is 1. The standard InChI is InChI=1S/C16H22ClNO2/c1-2-16(12-6-5-7-13(17)10-12)19-11-15(20-16)14-8-3-4-9-18-14/h5-7,10,14-15,18H,2-4,8-9,11H2,1H3/t14-,15+,16-/m0/s1. The third kappa shape index (κ3) is 2.73. The van der Waals surface area contributed by atoms with Gasteiger partial charge < -0.3 is 14.8 Å². The largest absolute Gasteiger partial charge is 0.343 e. The Bertz CT molecular complexity index is 462. The molecule has 1 aromatic rings. The summed E-state index contributed by atoms with van der Waals surface area (Å²) in [6.07, 6.45) is 4.62. The Morgan fingerprint density at radius 1 is 1.40 bits per heavy atom. The third-order valence-corrected chi connectivity index (χ3v) is 4.58. The lowest BCUT2D eigenvalue weighted by molar-refractivity contribution is -0.182. The molecular formula is C16H22ClNO2. The van der Waals surface area contributed by atoms with E-state index in [1.165, 1.54) is 19.3 Å². The highest BCUT2D eigenvalue weighted by atomic mass is 35.5. The molecule has 110 valence electrons. The maximum atomic E-state index is 6.34. The van der Waals surface area contributed by atoms with Gasteiger partial charge in [0, 0.05) is 23.0 Å². The first-order valence-electron chi connectivity index (χ1n) is 7.55. The monoisotopic (exact) mass is 295 g/mol. The minimum Gasteiger partial charge on any atom is -0.343 e. The zero-order chi connectivity index (χ0) is 14.0. The Morgan fingerprint density at radius 2 is 2.30 bits per heavy atom. The molecule has 2 saturated heterocycles. The van der Waals surface area contributed by atoms with Crippen LogP contribution in [0.15, 0.2) is 24.3 Å². The molecule has 0 spiro atoms. The Morgan fingerprint density at radius 3 is 3.00 bits per heavy atom. The van der Waals surface area contributed by atoms with Crippen LogP contribution in [-0.2, 0) is 15.3 Å². The third-order valence-electron chi connectivity index (χ3n) is 4.35. The van der Waals surface area contributed by atoms with E-state index in [1.54, 1.807) is 0 Å². The molecular weight excluding hydrogens is 274 g/mol. The molecule has 3 atom stereocenters. The fraction of sp³-hybridized carbons (Fsp3) is 0.625. The fourth-order valence-corrected chi connectivity index (χ4v) is 3.38. The van der Waals surface area contributed by atoms with Crippen molar-refractivity contribution in [2.45, 2.75) is 50.5 Å². The predicted molar refractivity (Wildman–Crippen MR) is 79.9 cm³/mol. The minimum absolute atomic E-state index is 0.134. The summed E-state index contributed by atoms with van der Waals surface area (Å²) in [5.41, 5.74) is 1.02. The van der Waals surface area contributed by atoms with Gasteiger partial charge in [-0.25, -0.2) is 0 Å². The number of ether oxygens (including phenoxy) is 2. The molecule has 0 amide bonds. The zero-order valence-corrected chi connectivity index (χ0v) is 12.7. The highest BCUT2D eigenvalue weighted by Crippen LogP contribution is 2.39. The summed E-state index contributed by atoms with van der Waals surface area (Å²) in [6.45, 7) is 3.83. The molecule has 0 aliphatic carbocycles. The van der Waals surface area contributed by atoms with Crippen LogP contribution in [-0.4, -0.2) is 25.3 Å². The number of benzene rings is 1. The number of nitrogens with one attached hydrogen (secondary N) is 1. The van der Waals surface area contributed by atoms with Gasteiger partial charge in [0.25, 0.3) is 0 Å². The van der Waals surface area contributed by atoms with E-state index in [1.807, 2.05) is 24.3 Å². The van der Waals surface area contributed by atoms with Gasteiger partial charge in [0.05, 0.1) is 6.61 Å². The Balaban J connectivity index is 1.77. The molecule has 2 heterocycles. The van der Waals surface area contributed by atoms with Crippen LogP contribution in [0, 0.1) is 0 Å². The molecule has 0 saturated carbocycles. The van der Waals surface area contributed by atoms with Gasteiger partial charge in [-0.05, 0) is 31.5 Å². The lowest BCUT2D eigenvalue weighted by atomic mass is 10.00. The van der Waals surface area contributed by atoms with Crippen molar-refractivity contribution in [3.63, 3.8) is 0 Å². The van der Waals surface area contributed by atoms with Crippen LogP contribution >= 0.6 is 11.6 Å². The summed E-state index contributed by atoms with van der Waals surface area (Å²) < 4.78 is 12.4. The highest BCUT2D eigenvalue weighted by Gasteiger charge is 2.44. The van der Waals surface area contributed by atoms with Gasteiger partial charge in [0.15, 0.2) is 5.79 Å². The van der Waals surface area contributed by atoms with E-state index in [2.05, 4.69) is 12.2 Å². The first-order valence-corrected chi connectivity index (χ1v) is 7.92. The van der Waals surface area contributed by atoms with E-state index in [0.717, 1.165) is 23.6 Å². The van der Waals surface area contributed by atoms with Crippen LogP contribution in [0.2, 0.25) is 5.02 Å². The summed E-state index contributed by atoms with van der Waals surface area (Å²) in [4.78, 5) is 0. The van der Waals surface area contributed by atoms with E-state index in [9.17, 15) is 0 Å². The first kappa shape index (κ1) is 14.3. The molecule has 2 aliphatic heterocycles. The highest BCUT2D eigenvalue weighted by molar-refractivity contribution is 6.30. The Labute approximate surface area is 125 Å². The molecule has 0 aromatic heterocycles. The van der Waals surface area contributed by atoms with Gasteiger partial charge >= 0.3 is 0 Å². The van der Waals surface area contributed by atoms with Crippen molar-refractivity contribution >= 4 is 11.6 Å². The number of rotatable bonds is 3. The van der Waals surface area contributed by atoms with Crippen LogP contribution in [0.5, 0.6) is 0 Å². The lowest BCUT2D eigenvalue weighted by Gasteiger charge is -2.31. The van der Waals surface area contributed by atoms with Gasteiger partial charge in [-0.2, -0.15) is 0 Å². The van der Waals surface area contributed by atoms with E-state index in [-0.39, 0.29) is 6.10 Å². The average molecular weight is 296 g/mol. The Kier molecular flexibility index (Phi) is 4.32. The van der Waals surface area contributed by atoms with Crippen LogP contribution < -0.4 is 5.32 Å². The SMILES string of the molecule is CC[C@]1(c2cccc(Cl)c2)OC[C@H]([C@@H]2CCCCN2)O1. The van der Waals surface area contributed by atoms with Gasteiger partial charge in [-0.3, -0.25) is 0 Å². The Hall–Kier alpha value is -0.610. The summed E-state index contributed by atoms with van der Waals surface area (Å²) in [6, 6.07) is 8.22. The summed E-state index contributed by atoms with van der Waals surface area (Å²) in [5.74, 6) is -0.630. The predicted octanol–water partition coefficient (Wildman–Crippen LogP) is 3.46. The second-order valence-electron chi connectivity index (χ2n) is 5.64. The molecule has 1 N–H and O–H groups in total. The number of piperidine rings is 1. The van der Waals surface area contributed by atoms with Gasteiger partial charge in [-0.15, -0.1) is 0 Å². The molecule has 20 heavy (non-hydrogen) atoms. The van der Waals surface area contributed by atoms with Crippen LogP contribution in [0.3, 0.4) is 0 Å². The van der Waals surface area contributed by atoms with E-state index >= 15 is 0 Å². The summed E-state index contributed by atoms with van der Waals surface area (Å²) >= 11 is 6.10. The second kappa shape index (κ2) is 6.02. The fourth-order valence-electron chi connectivity index (χ4n) is 3.19. The molecule has 3 rings (SSSR count). The topological polar surface area (TPSA) is 30.5 Å². The van der Waals surface area contributed by atoms with Crippen molar-refractivity contribution in [2.75, 3.05) is 13.2 Å². The van der Waals surface area contributed by atoms with E-state index in [4.69, 9.17) is 21.1 Å². The molecule has 0 unspecified atom stereocenters. The quantitative estimate of drug-likeness (QED) is 0.926. The lowest BCUT2D eigenvalue weighted by Crippen LogP contribution is -2.45. The van der Waals surface area contributed by atoms with Gasteiger partial charge in [-0.1, -0.05) is 37.1 Å². The number of hydrogen-bond acceptors (Lipinski definition) is 3. The van der Waals surface area contributed by atoms with Crippen LogP contribution in [0.4, 0.5) is 0 Å². The summed E-state index contributed by atoms with van der Waals surface area (Å²) in [7, 11) is 0. The molecule has 0 bridgehead atoms. The smallest absolute Gasteiger partial charge is 0.195 e. The van der Waals surface area contributed by atoms with Crippen molar-refractivity contribution in [3.8, 4) is 0 Å². The molecule has 0 radical (unpaired) electrons. The second-order valence-corrected chi connectivity index (χ2v) is 6.08. The van der Waals surface area contributed by atoms with E-state index < -0.39 is 5.79 Å². The number of halogens is 1. The van der Waals surface area contributed by atoms with Gasteiger partial charge in [0.1, 0.15) is 6.10 Å². The molecule has 1 aromatic carbocycles. The summed E-state index contributed by atoms with van der Waals surface area (Å²) in [5, 5.41) is 4.28.